The fourth-order valence-electron chi connectivity index (χ4n) is 2.16. The van der Waals surface area contributed by atoms with Gasteiger partial charge in [0.05, 0.1) is 18.7 Å². The maximum Gasteiger partial charge on any atom is 0.279 e. The molecule has 0 saturated heterocycles. The molecule has 2 rings (SSSR count). The summed E-state index contributed by atoms with van der Waals surface area (Å²) in [5.41, 5.74) is 2.30. The van der Waals surface area contributed by atoms with Gasteiger partial charge in [0.1, 0.15) is 6.54 Å². The van der Waals surface area contributed by atoms with Crippen LogP contribution in [0, 0.1) is 11.3 Å². The topological polar surface area (TPSA) is 57.3 Å². The van der Waals surface area contributed by atoms with E-state index < -0.39 is 0 Å². The van der Waals surface area contributed by atoms with Crippen molar-refractivity contribution in [1.82, 2.24) is 0 Å². The SMILES string of the molecule is C[NH+](CC(=O)Nc1cccc(C#N)c1)Cc1ccc(Cl)cc1. The number of hydrogen-bond donors (Lipinski definition) is 2. The molecule has 2 N–H and O–H groups in total. The zero-order chi connectivity index (χ0) is 15.9. The van der Waals surface area contributed by atoms with Gasteiger partial charge in [-0.25, -0.2) is 0 Å². The lowest BCUT2D eigenvalue weighted by Crippen LogP contribution is -3.08. The third kappa shape index (κ3) is 4.88. The summed E-state index contributed by atoms with van der Waals surface area (Å²) in [6.45, 7) is 1.09. The summed E-state index contributed by atoms with van der Waals surface area (Å²) in [4.78, 5) is 13.1. The van der Waals surface area contributed by atoms with Crippen molar-refractivity contribution in [2.45, 2.75) is 6.54 Å². The van der Waals surface area contributed by atoms with Crippen LogP contribution in [0.3, 0.4) is 0 Å². The third-order valence-corrected chi connectivity index (χ3v) is 3.41. The monoisotopic (exact) mass is 314 g/mol. The second-order valence-electron chi connectivity index (χ2n) is 5.18. The number of rotatable bonds is 5. The van der Waals surface area contributed by atoms with E-state index in [0.29, 0.717) is 22.8 Å². The first-order valence-corrected chi connectivity index (χ1v) is 7.30. The van der Waals surface area contributed by atoms with Gasteiger partial charge in [0.25, 0.3) is 5.91 Å². The van der Waals surface area contributed by atoms with Gasteiger partial charge in [0.15, 0.2) is 6.54 Å². The minimum Gasteiger partial charge on any atom is -0.326 e. The summed E-state index contributed by atoms with van der Waals surface area (Å²) in [5, 5.41) is 12.4. The van der Waals surface area contributed by atoms with E-state index in [0.717, 1.165) is 17.0 Å². The molecule has 0 bridgehead atoms. The fraction of sp³-hybridized carbons (Fsp3) is 0.176. The molecule has 1 amide bonds. The molecular weight excluding hydrogens is 298 g/mol. The maximum absolute atomic E-state index is 12.0. The van der Waals surface area contributed by atoms with Crippen LogP contribution in [0.15, 0.2) is 48.5 Å². The van der Waals surface area contributed by atoms with Gasteiger partial charge < -0.3 is 10.2 Å². The molecule has 0 aromatic heterocycles. The van der Waals surface area contributed by atoms with Crippen LogP contribution in [0.2, 0.25) is 5.02 Å². The van der Waals surface area contributed by atoms with Crippen molar-refractivity contribution in [1.29, 1.82) is 5.26 Å². The molecule has 22 heavy (non-hydrogen) atoms. The highest BCUT2D eigenvalue weighted by atomic mass is 35.5. The van der Waals surface area contributed by atoms with E-state index in [1.54, 1.807) is 24.3 Å². The van der Waals surface area contributed by atoms with Crippen LogP contribution in [0.25, 0.3) is 0 Å². The Hall–Kier alpha value is -2.35. The Labute approximate surface area is 134 Å². The lowest BCUT2D eigenvalue weighted by atomic mass is 10.2. The van der Waals surface area contributed by atoms with E-state index in [-0.39, 0.29) is 5.91 Å². The number of anilines is 1. The van der Waals surface area contributed by atoms with E-state index in [1.807, 2.05) is 31.3 Å². The number of nitrogens with one attached hydrogen (secondary N) is 2. The first kappa shape index (κ1) is 16.0. The van der Waals surface area contributed by atoms with Crippen LogP contribution in [-0.4, -0.2) is 19.5 Å². The number of carbonyl (C=O) groups is 1. The van der Waals surface area contributed by atoms with Crippen molar-refractivity contribution in [3.05, 3.63) is 64.7 Å². The van der Waals surface area contributed by atoms with Crippen molar-refractivity contribution in [2.75, 3.05) is 18.9 Å². The predicted molar refractivity (Wildman–Crippen MR) is 86.7 cm³/mol. The molecule has 0 aliphatic heterocycles. The van der Waals surface area contributed by atoms with Crippen LogP contribution >= 0.6 is 11.6 Å². The molecule has 0 aliphatic carbocycles. The van der Waals surface area contributed by atoms with Crippen molar-refractivity contribution in [3.8, 4) is 6.07 Å². The summed E-state index contributed by atoms with van der Waals surface area (Å²) in [6, 6.07) is 16.5. The van der Waals surface area contributed by atoms with E-state index >= 15 is 0 Å². The number of likely N-dealkylation sites (N-methyl/N-ethyl adjacent to an activating group) is 1. The first-order valence-electron chi connectivity index (χ1n) is 6.92. The Kier molecular flexibility index (Phi) is 5.54. The average molecular weight is 315 g/mol. The number of nitrogens with zero attached hydrogens (tertiary/aromatic N) is 1. The number of benzene rings is 2. The summed E-state index contributed by atoms with van der Waals surface area (Å²) in [6.07, 6.45) is 0. The van der Waals surface area contributed by atoms with Crippen LogP contribution in [0.1, 0.15) is 11.1 Å². The molecule has 1 atom stereocenters. The fourth-order valence-corrected chi connectivity index (χ4v) is 2.28. The second kappa shape index (κ2) is 7.60. The zero-order valence-electron chi connectivity index (χ0n) is 12.3. The highest BCUT2D eigenvalue weighted by Crippen LogP contribution is 2.09. The highest BCUT2D eigenvalue weighted by molar-refractivity contribution is 6.30. The third-order valence-electron chi connectivity index (χ3n) is 3.16. The van der Waals surface area contributed by atoms with Crippen molar-refractivity contribution >= 4 is 23.2 Å². The van der Waals surface area contributed by atoms with Crippen molar-refractivity contribution < 1.29 is 9.69 Å². The van der Waals surface area contributed by atoms with Gasteiger partial charge in [-0.3, -0.25) is 4.79 Å². The molecule has 0 saturated carbocycles. The van der Waals surface area contributed by atoms with Gasteiger partial charge >= 0.3 is 0 Å². The maximum atomic E-state index is 12.0. The minimum absolute atomic E-state index is 0.0819. The lowest BCUT2D eigenvalue weighted by molar-refractivity contribution is -0.885. The van der Waals surface area contributed by atoms with Gasteiger partial charge in [0.2, 0.25) is 0 Å². The van der Waals surface area contributed by atoms with E-state index in [2.05, 4.69) is 11.4 Å². The molecule has 4 nitrogen and oxygen atoms in total. The number of nitriles is 1. The van der Waals surface area contributed by atoms with Crippen LogP contribution in [0.4, 0.5) is 5.69 Å². The van der Waals surface area contributed by atoms with Gasteiger partial charge in [-0.15, -0.1) is 0 Å². The van der Waals surface area contributed by atoms with Gasteiger partial charge in [-0.05, 0) is 30.3 Å². The van der Waals surface area contributed by atoms with Crippen LogP contribution in [0.5, 0.6) is 0 Å². The highest BCUT2D eigenvalue weighted by Gasteiger charge is 2.11. The molecule has 0 fully saturated rings. The number of quaternary nitrogens is 1. The van der Waals surface area contributed by atoms with Gasteiger partial charge in [-0.1, -0.05) is 29.8 Å². The first-order chi connectivity index (χ1) is 10.6. The smallest absolute Gasteiger partial charge is 0.279 e. The van der Waals surface area contributed by atoms with Gasteiger partial charge in [0, 0.05) is 16.3 Å². The normalized spacial score (nSPS) is 11.5. The van der Waals surface area contributed by atoms with Crippen molar-refractivity contribution in [2.24, 2.45) is 0 Å². The molecule has 0 aliphatic rings. The Balaban J connectivity index is 1.88. The molecule has 1 unspecified atom stereocenters. The van der Waals surface area contributed by atoms with Crippen LogP contribution < -0.4 is 10.2 Å². The molecule has 5 heteroatoms. The predicted octanol–water partition coefficient (Wildman–Crippen LogP) is 1.87. The van der Waals surface area contributed by atoms with E-state index in [9.17, 15) is 4.79 Å². The Morgan fingerprint density at radius 1 is 1.27 bits per heavy atom. The van der Waals surface area contributed by atoms with E-state index in [1.165, 1.54) is 0 Å². The molecule has 2 aromatic carbocycles. The molecule has 0 radical (unpaired) electrons. The molecular formula is C17H17ClN3O+. The standard InChI is InChI=1S/C17H16ClN3O/c1-21(11-13-5-7-15(18)8-6-13)12-17(22)20-16-4-2-3-14(9-16)10-19/h2-9H,11-12H2,1H3,(H,20,22)/p+1. The largest absolute Gasteiger partial charge is 0.326 e. The zero-order valence-corrected chi connectivity index (χ0v) is 13.0. The summed E-state index contributed by atoms with van der Waals surface area (Å²) >= 11 is 5.85. The average Bonchev–Trinajstić information content (AvgIpc) is 2.49. The lowest BCUT2D eigenvalue weighted by Gasteiger charge is -2.14. The Morgan fingerprint density at radius 3 is 2.68 bits per heavy atom. The Morgan fingerprint density at radius 2 is 2.00 bits per heavy atom. The summed E-state index contributed by atoms with van der Waals surface area (Å²) in [7, 11) is 1.96. The Bertz CT molecular complexity index is 692. The van der Waals surface area contributed by atoms with Crippen molar-refractivity contribution in [3.63, 3.8) is 0 Å². The molecule has 0 heterocycles. The number of hydrogen-bond acceptors (Lipinski definition) is 2. The molecule has 2 aromatic rings. The quantitative estimate of drug-likeness (QED) is 0.885. The number of amides is 1. The van der Waals surface area contributed by atoms with E-state index in [4.69, 9.17) is 16.9 Å². The van der Waals surface area contributed by atoms with Gasteiger partial charge in [-0.2, -0.15) is 5.26 Å². The number of halogens is 1. The number of carbonyl (C=O) groups excluding carboxylic acids is 1. The second-order valence-corrected chi connectivity index (χ2v) is 5.61. The summed E-state index contributed by atoms with van der Waals surface area (Å²) < 4.78 is 0. The molecule has 0 spiro atoms. The molecule has 112 valence electrons. The summed E-state index contributed by atoms with van der Waals surface area (Å²) in [5.74, 6) is -0.0819. The van der Waals surface area contributed by atoms with Crippen LogP contribution in [-0.2, 0) is 11.3 Å². The minimum atomic E-state index is -0.0819.